The third-order valence-corrected chi connectivity index (χ3v) is 7.20. The summed E-state index contributed by atoms with van der Waals surface area (Å²) in [4.78, 5) is 49.4. The van der Waals surface area contributed by atoms with E-state index in [9.17, 15) is 19.2 Å². The highest BCUT2D eigenvalue weighted by Gasteiger charge is 2.40. The average Bonchev–Trinajstić information content (AvgIpc) is 3.29. The number of benzene rings is 2. The first kappa shape index (κ1) is 24.9. The summed E-state index contributed by atoms with van der Waals surface area (Å²) in [6, 6.07) is 12.6. The van der Waals surface area contributed by atoms with Crippen LogP contribution in [0, 0.1) is 0 Å². The molecule has 35 heavy (non-hydrogen) atoms. The minimum atomic E-state index is -1.24. The van der Waals surface area contributed by atoms with E-state index in [1.165, 1.54) is 0 Å². The maximum absolute atomic E-state index is 12.4. The largest absolute Gasteiger partial charge is 0.480 e. The molecule has 2 saturated heterocycles. The molecule has 0 spiro atoms. The fourth-order valence-electron chi connectivity index (χ4n) is 4.01. The third-order valence-electron chi connectivity index (χ3n) is 5.77. The Labute approximate surface area is 210 Å². The smallest absolute Gasteiger partial charge is 0.410 e. The Bertz CT molecular complexity index is 1160. The van der Waals surface area contributed by atoms with Crippen LogP contribution in [0.15, 0.2) is 42.5 Å². The number of ether oxygens (including phenoxy) is 2. The zero-order chi connectivity index (χ0) is 25.1. The van der Waals surface area contributed by atoms with E-state index in [0.29, 0.717) is 41.7 Å². The number of amides is 3. The average molecular weight is 519 g/mol. The second-order valence-electron chi connectivity index (χ2n) is 8.11. The second kappa shape index (κ2) is 10.6. The number of likely N-dealkylation sites (N-methyl/N-ethyl adjacent to an activating group) is 1. The van der Waals surface area contributed by atoms with Crippen LogP contribution in [-0.2, 0) is 27.2 Å². The molecule has 0 bridgehead atoms. The summed E-state index contributed by atoms with van der Waals surface area (Å²) in [5.41, 5.74) is 1.71. The lowest BCUT2D eigenvalue weighted by Crippen LogP contribution is -2.36. The highest BCUT2D eigenvalue weighted by Crippen LogP contribution is 2.33. The maximum Gasteiger partial charge on any atom is 0.410 e. The van der Waals surface area contributed by atoms with Gasteiger partial charge < -0.3 is 19.5 Å². The summed E-state index contributed by atoms with van der Waals surface area (Å²) < 4.78 is 11.0. The molecule has 0 aromatic heterocycles. The highest BCUT2D eigenvalue weighted by atomic mass is 35.5. The SMILES string of the molecule is CCN1C(=O)OCC1Cc1ccc(Oc2ccc(CC3SC(=O)N(CC(=O)O)C3=O)c(Cl)c2)cc1. The molecule has 2 aromatic rings. The fourth-order valence-corrected chi connectivity index (χ4v) is 5.27. The summed E-state index contributed by atoms with van der Waals surface area (Å²) in [5, 5.41) is 7.97. The van der Waals surface area contributed by atoms with Crippen molar-refractivity contribution in [2.75, 3.05) is 19.7 Å². The van der Waals surface area contributed by atoms with Gasteiger partial charge in [0.1, 0.15) is 24.7 Å². The number of carboxylic acids is 1. The summed E-state index contributed by atoms with van der Waals surface area (Å²) in [5.74, 6) is -0.659. The number of halogens is 1. The van der Waals surface area contributed by atoms with E-state index < -0.39 is 28.9 Å². The molecule has 0 radical (unpaired) electrons. The normalized spacial score (nSPS) is 19.9. The molecule has 1 N–H and O–H groups in total. The minimum absolute atomic E-state index is 0.0158. The standard InChI is InChI=1S/C24H23ClN2O7S/c1-2-26-16(13-33-23(26)31)9-14-3-6-17(7-4-14)34-18-8-5-15(19(25)11-18)10-20-22(30)27(12-21(28)29)24(32)35-20/h3-8,11,16,20H,2,9-10,12-13H2,1H3,(H,28,29). The van der Waals surface area contributed by atoms with E-state index in [4.69, 9.17) is 26.2 Å². The van der Waals surface area contributed by atoms with E-state index in [-0.39, 0.29) is 18.6 Å². The number of thioether (sulfide) groups is 1. The molecule has 2 aromatic carbocycles. The number of rotatable bonds is 9. The first-order chi connectivity index (χ1) is 16.7. The molecule has 3 amide bonds. The predicted molar refractivity (Wildman–Crippen MR) is 129 cm³/mol. The predicted octanol–water partition coefficient (Wildman–Crippen LogP) is 4.21. The molecule has 0 saturated carbocycles. The first-order valence-corrected chi connectivity index (χ1v) is 12.2. The number of hydrogen-bond acceptors (Lipinski definition) is 7. The van der Waals surface area contributed by atoms with Gasteiger partial charge in [-0.05, 0) is 55.2 Å². The number of imide groups is 1. The van der Waals surface area contributed by atoms with Gasteiger partial charge >= 0.3 is 12.1 Å². The van der Waals surface area contributed by atoms with E-state index in [1.807, 2.05) is 31.2 Å². The van der Waals surface area contributed by atoms with Crippen molar-refractivity contribution in [2.24, 2.45) is 0 Å². The molecule has 11 heteroatoms. The van der Waals surface area contributed by atoms with Crippen molar-refractivity contribution in [3.8, 4) is 11.5 Å². The van der Waals surface area contributed by atoms with Gasteiger partial charge in [0.2, 0.25) is 5.91 Å². The van der Waals surface area contributed by atoms with Crippen LogP contribution in [0.3, 0.4) is 0 Å². The lowest BCUT2D eigenvalue weighted by atomic mass is 10.1. The zero-order valence-electron chi connectivity index (χ0n) is 18.8. The molecule has 2 fully saturated rings. The number of hydrogen-bond donors (Lipinski definition) is 1. The number of carbonyl (C=O) groups excluding carboxylic acids is 3. The van der Waals surface area contributed by atoms with Crippen LogP contribution in [0.5, 0.6) is 11.5 Å². The molecule has 2 unspecified atom stereocenters. The second-order valence-corrected chi connectivity index (χ2v) is 9.68. The van der Waals surface area contributed by atoms with E-state index in [2.05, 4.69) is 0 Å². The first-order valence-electron chi connectivity index (χ1n) is 11.0. The zero-order valence-corrected chi connectivity index (χ0v) is 20.4. The maximum atomic E-state index is 12.4. The summed E-state index contributed by atoms with van der Waals surface area (Å²) >= 11 is 7.20. The van der Waals surface area contributed by atoms with Gasteiger partial charge in [0, 0.05) is 11.6 Å². The molecule has 9 nitrogen and oxygen atoms in total. The Hall–Kier alpha value is -3.24. The van der Waals surface area contributed by atoms with Crippen LogP contribution in [0.2, 0.25) is 5.02 Å². The molecule has 2 heterocycles. The molecule has 2 aliphatic heterocycles. The summed E-state index contributed by atoms with van der Waals surface area (Å²) in [7, 11) is 0. The molecule has 2 aliphatic rings. The minimum Gasteiger partial charge on any atom is -0.480 e. The van der Waals surface area contributed by atoms with E-state index in [1.54, 1.807) is 23.1 Å². The van der Waals surface area contributed by atoms with Gasteiger partial charge in [-0.25, -0.2) is 4.79 Å². The van der Waals surface area contributed by atoms with Crippen LogP contribution >= 0.6 is 23.4 Å². The van der Waals surface area contributed by atoms with Gasteiger partial charge in [-0.15, -0.1) is 0 Å². The number of nitrogens with zero attached hydrogens (tertiary/aromatic N) is 2. The fraction of sp³-hybridized carbons (Fsp3) is 0.333. The van der Waals surface area contributed by atoms with Crippen molar-refractivity contribution >= 4 is 46.6 Å². The molecule has 184 valence electrons. The molecular formula is C24H23ClN2O7S. The highest BCUT2D eigenvalue weighted by molar-refractivity contribution is 8.15. The van der Waals surface area contributed by atoms with Crippen molar-refractivity contribution in [3.05, 3.63) is 58.6 Å². The molecule has 0 aliphatic carbocycles. The number of aliphatic carboxylic acids is 1. The third kappa shape index (κ3) is 5.71. The van der Waals surface area contributed by atoms with E-state index in [0.717, 1.165) is 22.2 Å². The van der Waals surface area contributed by atoms with Crippen molar-refractivity contribution in [1.29, 1.82) is 0 Å². The van der Waals surface area contributed by atoms with Crippen LogP contribution in [0.25, 0.3) is 0 Å². The lowest BCUT2D eigenvalue weighted by molar-refractivity contribution is -0.141. The molecular weight excluding hydrogens is 496 g/mol. The quantitative estimate of drug-likeness (QED) is 0.525. The monoisotopic (exact) mass is 518 g/mol. The molecule has 4 rings (SSSR count). The Morgan fingerprint density at radius 1 is 1.14 bits per heavy atom. The Balaban J connectivity index is 1.36. The van der Waals surface area contributed by atoms with Crippen LogP contribution in [0.1, 0.15) is 18.1 Å². The van der Waals surface area contributed by atoms with Crippen molar-refractivity contribution in [3.63, 3.8) is 0 Å². The van der Waals surface area contributed by atoms with Gasteiger partial charge in [-0.3, -0.25) is 19.3 Å². The summed E-state index contributed by atoms with van der Waals surface area (Å²) in [6.45, 7) is 2.26. The number of carboxylic acid groups (broad SMARTS) is 1. The Kier molecular flexibility index (Phi) is 7.51. The number of cyclic esters (lactones) is 1. The Morgan fingerprint density at radius 3 is 2.51 bits per heavy atom. The lowest BCUT2D eigenvalue weighted by Gasteiger charge is -2.19. The Morgan fingerprint density at radius 2 is 1.86 bits per heavy atom. The van der Waals surface area contributed by atoms with Crippen molar-refractivity contribution in [2.45, 2.75) is 31.1 Å². The van der Waals surface area contributed by atoms with E-state index >= 15 is 0 Å². The van der Waals surface area contributed by atoms with Crippen molar-refractivity contribution < 1.29 is 33.8 Å². The van der Waals surface area contributed by atoms with Gasteiger partial charge in [-0.2, -0.15) is 0 Å². The van der Waals surface area contributed by atoms with Crippen LogP contribution < -0.4 is 4.74 Å². The van der Waals surface area contributed by atoms with Crippen molar-refractivity contribution in [1.82, 2.24) is 9.80 Å². The topological polar surface area (TPSA) is 113 Å². The van der Waals surface area contributed by atoms with Gasteiger partial charge in [0.05, 0.1) is 11.3 Å². The van der Waals surface area contributed by atoms with Crippen LogP contribution in [0.4, 0.5) is 9.59 Å². The van der Waals surface area contributed by atoms with Gasteiger partial charge in [0.25, 0.3) is 5.24 Å². The van der Waals surface area contributed by atoms with Gasteiger partial charge in [0.15, 0.2) is 0 Å². The van der Waals surface area contributed by atoms with Gasteiger partial charge in [-0.1, -0.05) is 41.6 Å². The molecule has 2 atom stereocenters. The van der Waals surface area contributed by atoms with Crippen LogP contribution in [-0.4, -0.2) is 69.1 Å². The number of carbonyl (C=O) groups is 4. The summed E-state index contributed by atoms with van der Waals surface area (Å²) in [6.07, 6.45) is 0.601.